The Morgan fingerprint density at radius 1 is 1.23 bits per heavy atom. The van der Waals surface area contributed by atoms with E-state index in [0.717, 1.165) is 28.2 Å². The Hall–Kier alpha value is -2.56. The first-order valence-electron chi connectivity index (χ1n) is 7.11. The molecule has 2 heterocycles. The van der Waals surface area contributed by atoms with Crippen molar-refractivity contribution >= 4 is 17.6 Å². The lowest BCUT2D eigenvalue weighted by Gasteiger charge is -2.12. The van der Waals surface area contributed by atoms with Gasteiger partial charge in [0.2, 0.25) is 5.91 Å². The van der Waals surface area contributed by atoms with Crippen LogP contribution in [-0.4, -0.2) is 23.6 Å². The predicted octanol–water partition coefficient (Wildman–Crippen LogP) is 2.51. The second-order valence-electron chi connectivity index (χ2n) is 5.52. The molecule has 1 N–H and O–H groups in total. The van der Waals surface area contributed by atoms with Gasteiger partial charge in [0.15, 0.2) is 0 Å². The molecule has 114 valence electrons. The SMILES string of the molecule is COC(=O)c1c(C2C(=O)Nc3ccccc32)c(C)n(C)c1C. The standard InChI is InChI=1S/C17H18N2O3/c1-9-13(14(17(21)22-4)10(2)19(9)3)15-11-7-5-6-8-12(11)18-16(15)20/h5-8,15H,1-4H3,(H,18,20). The lowest BCUT2D eigenvalue weighted by molar-refractivity contribution is -0.116. The van der Waals surface area contributed by atoms with E-state index in [1.54, 1.807) is 0 Å². The van der Waals surface area contributed by atoms with Crippen molar-refractivity contribution in [2.75, 3.05) is 12.4 Å². The molecule has 0 fully saturated rings. The van der Waals surface area contributed by atoms with Gasteiger partial charge in [0.05, 0.1) is 18.6 Å². The molecule has 0 saturated heterocycles. The summed E-state index contributed by atoms with van der Waals surface area (Å²) in [4.78, 5) is 24.7. The Bertz CT molecular complexity index is 789. The number of hydrogen-bond donors (Lipinski definition) is 1. The van der Waals surface area contributed by atoms with Crippen molar-refractivity contribution in [3.63, 3.8) is 0 Å². The predicted molar refractivity (Wildman–Crippen MR) is 83.1 cm³/mol. The molecule has 22 heavy (non-hydrogen) atoms. The normalized spacial score (nSPS) is 16.4. The van der Waals surface area contributed by atoms with Crippen molar-refractivity contribution in [3.05, 3.63) is 52.3 Å². The van der Waals surface area contributed by atoms with Crippen molar-refractivity contribution in [1.82, 2.24) is 4.57 Å². The monoisotopic (exact) mass is 298 g/mol. The molecule has 0 bridgehead atoms. The number of rotatable bonds is 2. The summed E-state index contributed by atoms with van der Waals surface area (Å²) in [5.41, 5.74) is 4.61. The second kappa shape index (κ2) is 5.02. The zero-order valence-electron chi connectivity index (χ0n) is 13.1. The number of aromatic nitrogens is 1. The molecule has 1 aliphatic rings. The minimum absolute atomic E-state index is 0.111. The molecule has 3 rings (SSSR count). The van der Waals surface area contributed by atoms with Crippen molar-refractivity contribution in [2.24, 2.45) is 7.05 Å². The zero-order chi connectivity index (χ0) is 16.0. The third kappa shape index (κ3) is 1.85. The highest BCUT2D eigenvalue weighted by Gasteiger charge is 2.38. The summed E-state index contributed by atoms with van der Waals surface area (Å²) in [5, 5.41) is 2.89. The van der Waals surface area contributed by atoms with Crippen LogP contribution < -0.4 is 5.32 Å². The number of nitrogens with one attached hydrogen (secondary N) is 1. The molecule has 0 saturated carbocycles. The van der Waals surface area contributed by atoms with Gasteiger partial charge in [-0.25, -0.2) is 4.79 Å². The average molecular weight is 298 g/mol. The molecule has 2 aromatic rings. The number of hydrogen-bond acceptors (Lipinski definition) is 3. The van der Waals surface area contributed by atoms with Crippen molar-refractivity contribution in [1.29, 1.82) is 0 Å². The maximum atomic E-state index is 12.5. The van der Waals surface area contributed by atoms with Crippen LogP contribution in [0.2, 0.25) is 0 Å². The Labute approximate surface area is 128 Å². The number of para-hydroxylation sites is 1. The smallest absolute Gasteiger partial charge is 0.340 e. The molecule has 1 amide bonds. The molecule has 1 aliphatic heterocycles. The number of amides is 1. The van der Waals surface area contributed by atoms with Crippen LogP contribution in [0.3, 0.4) is 0 Å². The van der Waals surface area contributed by atoms with E-state index < -0.39 is 11.9 Å². The number of anilines is 1. The molecule has 1 atom stereocenters. The highest BCUT2D eigenvalue weighted by Crippen LogP contribution is 2.41. The third-order valence-electron chi connectivity index (χ3n) is 4.50. The Kier molecular flexibility index (Phi) is 3.28. The Morgan fingerprint density at radius 2 is 1.91 bits per heavy atom. The first-order chi connectivity index (χ1) is 10.5. The maximum absolute atomic E-state index is 12.5. The van der Waals surface area contributed by atoms with Crippen LogP contribution in [-0.2, 0) is 16.6 Å². The van der Waals surface area contributed by atoms with E-state index in [1.807, 2.05) is 49.7 Å². The van der Waals surface area contributed by atoms with E-state index in [0.29, 0.717) is 5.56 Å². The fraction of sp³-hybridized carbons (Fsp3) is 0.294. The molecular formula is C17H18N2O3. The van der Waals surface area contributed by atoms with E-state index >= 15 is 0 Å². The van der Waals surface area contributed by atoms with E-state index in [1.165, 1.54) is 7.11 Å². The average Bonchev–Trinajstić information content (AvgIpc) is 2.95. The van der Waals surface area contributed by atoms with Crippen molar-refractivity contribution in [3.8, 4) is 0 Å². The maximum Gasteiger partial charge on any atom is 0.340 e. The van der Waals surface area contributed by atoms with Crippen LogP contribution in [0.25, 0.3) is 0 Å². The zero-order valence-corrected chi connectivity index (χ0v) is 13.1. The number of carbonyl (C=O) groups excluding carboxylic acids is 2. The van der Waals surface area contributed by atoms with Gasteiger partial charge in [-0.1, -0.05) is 18.2 Å². The fourth-order valence-electron chi connectivity index (χ4n) is 3.18. The van der Waals surface area contributed by atoms with Gasteiger partial charge in [-0.2, -0.15) is 0 Å². The summed E-state index contributed by atoms with van der Waals surface area (Å²) < 4.78 is 6.85. The number of methoxy groups -OCH3 is 1. The van der Waals surface area contributed by atoms with Crippen molar-refractivity contribution < 1.29 is 14.3 Å². The Balaban J connectivity index is 2.27. The highest BCUT2D eigenvalue weighted by molar-refractivity contribution is 6.07. The molecule has 5 nitrogen and oxygen atoms in total. The fourth-order valence-corrected chi connectivity index (χ4v) is 3.18. The van der Waals surface area contributed by atoms with Gasteiger partial charge in [0, 0.05) is 29.7 Å². The minimum atomic E-state index is -0.481. The molecule has 5 heteroatoms. The largest absolute Gasteiger partial charge is 0.465 e. The van der Waals surface area contributed by atoms with Crippen LogP contribution in [0.15, 0.2) is 24.3 Å². The molecule has 0 spiro atoms. The molecule has 1 unspecified atom stereocenters. The number of benzene rings is 1. The van der Waals surface area contributed by atoms with Crippen LogP contribution in [0.1, 0.15) is 38.8 Å². The molecule has 1 aromatic heterocycles. The second-order valence-corrected chi connectivity index (χ2v) is 5.52. The number of fused-ring (bicyclic) bond motifs is 1. The summed E-state index contributed by atoms with van der Waals surface area (Å²) >= 11 is 0. The van der Waals surface area contributed by atoms with E-state index in [4.69, 9.17) is 4.74 Å². The van der Waals surface area contributed by atoms with Gasteiger partial charge in [0.1, 0.15) is 0 Å². The van der Waals surface area contributed by atoms with Crippen molar-refractivity contribution in [2.45, 2.75) is 19.8 Å². The number of ether oxygens (including phenoxy) is 1. The number of esters is 1. The molecular weight excluding hydrogens is 280 g/mol. The number of nitrogens with zero attached hydrogens (tertiary/aromatic N) is 1. The third-order valence-corrected chi connectivity index (χ3v) is 4.50. The first kappa shape index (κ1) is 14.4. The molecule has 1 aromatic carbocycles. The van der Waals surface area contributed by atoms with Gasteiger partial charge in [-0.05, 0) is 25.5 Å². The van der Waals surface area contributed by atoms with E-state index in [9.17, 15) is 9.59 Å². The lowest BCUT2D eigenvalue weighted by atomic mass is 9.89. The summed E-state index contributed by atoms with van der Waals surface area (Å²) in [5.74, 6) is -1.00. The van der Waals surface area contributed by atoms with E-state index in [-0.39, 0.29) is 5.91 Å². The van der Waals surface area contributed by atoms with Gasteiger partial charge in [-0.15, -0.1) is 0 Å². The summed E-state index contributed by atoms with van der Waals surface area (Å²) in [6.07, 6.45) is 0. The van der Waals surface area contributed by atoms with Crippen LogP contribution >= 0.6 is 0 Å². The quantitative estimate of drug-likeness (QED) is 0.867. The van der Waals surface area contributed by atoms with E-state index in [2.05, 4.69) is 5.32 Å². The lowest BCUT2D eigenvalue weighted by Crippen LogP contribution is -2.17. The summed E-state index contributed by atoms with van der Waals surface area (Å²) in [6.45, 7) is 3.78. The van der Waals surface area contributed by atoms with Crippen LogP contribution in [0.5, 0.6) is 0 Å². The van der Waals surface area contributed by atoms with Gasteiger partial charge < -0.3 is 14.6 Å². The minimum Gasteiger partial charge on any atom is -0.465 e. The van der Waals surface area contributed by atoms with Gasteiger partial charge in [0.25, 0.3) is 0 Å². The highest BCUT2D eigenvalue weighted by atomic mass is 16.5. The van der Waals surface area contributed by atoms with Crippen LogP contribution in [0.4, 0.5) is 5.69 Å². The summed E-state index contributed by atoms with van der Waals surface area (Å²) in [7, 11) is 3.25. The van der Waals surface area contributed by atoms with Gasteiger partial charge >= 0.3 is 5.97 Å². The topological polar surface area (TPSA) is 60.3 Å². The summed E-state index contributed by atoms with van der Waals surface area (Å²) in [6, 6.07) is 7.57. The first-order valence-corrected chi connectivity index (χ1v) is 7.11. The van der Waals surface area contributed by atoms with Gasteiger partial charge in [-0.3, -0.25) is 4.79 Å². The Morgan fingerprint density at radius 3 is 2.59 bits per heavy atom. The van der Waals surface area contributed by atoms with Crippen LogP contribution in [0, 0.1) is 13.8 Å². The molecule has 0 aliphatic carbocycles. The molecule has 0 radical (unpaired) electrons. The number of carbonyl (C=O) groups is 2.